The topological polar surface area (TPSA) is 12.5 Å². The summed E-state index contributed by atoms with van der Waals surface area (Å²) in [7, 11) is 0. The summed E-state index contributed by atoms with van der Waals surface area (Å²) < 4.78 is 8.38. The third kappa shape index (κ3) is 6.09. The highest BCUT2D eigenvalue weighted by atomic mass is 32.1. The van der Waals surface area contributed by atoms with E-state index in [2.05, 4.69) is 254 Å². The Hall–Kier alpha value is -8.24. The second-order valence-corrected chi connectivity index (χ2v) is 18.3. The number of fused-ring (bicyclic) bond motifs is 11. The Balaban J connectivity index is 1.09. The quantitative estimate of drug-likeness (QED) is 0.158. The zero-order chi connectivity index (χ0) is 43.6. The van der Waals surface area contributed by atoms with Crippen molar-refractivity contribution in [1.29, 1.82) is 0 Å². The Kier molecular flexibility index (Phi) is 8.97. The second kappa shape index (κ2) is 15.5. The Labute approximate surface area is 388 Å². The third-order valence-electron chi connectivity index (χ3n) is 13.5. The summed E-state index contributed by atoms with van der Waals surface area (Å²) in [6, 6.07) is 90.6. The van der Waals surface area contributed by atoms with Gasteiger partial charge < -0.3 is 9.64 Å². The van der Waals surface area contributed by atoms with Crippen LogP contribution in [0.4, 0.5) is 17.1 Å². The molecule has 2 nitrogen and oxygen atoms in total. The predicted octanol–water partition coefficient (Wildman–Crippen LogP) is 17.5. The van der Waals surface area contributed by atoms with Gasteiger partial charge in [0.1, 0.15) is 5.75 Å². The zero-order valence-electron chi connectivity index (χ0n) is 35.9. The molecule has 0 N–H and O–H groups in total. The Morgan fingerprint density at radius 3 is 1.21 bits per heavy atom. The molecular weight excluding hydrogens is 819 g/mol. The molecule has 1 aliphatic carbocycles. The molecule has 2 aliphatic rings. The molecule has 0 unspecified atom stereocenters. The predicted molar refractivity (Wildman–Crippen MR) is 276 cm³/mol. The molecule has 1 spiro atoms. The molecule has 0 fully saturated rings. The number of para-hydroxylation sites is 1. The number of rotatable bonds is 7. The molecule has 0 saturated carbocycles. The largest absolute Gasteiger partial charge is 0.455 e. The molecule has 1 aromatic heterocycles. The summed E-state index contributed by atoms with van der Waals surface area (Å²) >= 11 is 1.85. The van der Waals surface area contributed by atoms with E-state index >= 15 is 0 Å². The molecule has 13 rings (SSSR count). The number of nitrogens with zero attached hydrogens (tertiary/aromatic N) is 1. The van der Waals surface area contributed by atoms with Crippen LogP contribution < -0.4 is 9.64 Å². The summed E-state index contributed by atoms with van der Waals surface area (Å²) in [6.45, 7) is 0. The maximum absolute atomic E-state index is 7.19. The van der Waals surface area contributed by atoms with Crippen LogP contribution in [0.3, 0.4) is 0 Å². The van der Waals surface area contributed by atoms with Crippen LogP contribution >= 0.6 is 11.3 Å². The zero-order valence-corrected chi connectivity index (χ0v) is 36.8. The van der Waals surface area contributed by atoms with Crippen LogP contribution in [0, 0.1) is 0 Å². The average Bonchev–Trinajstić information content (AvgIpc) is 3.91. The highest BCUT2D eigenvalue weighted by Gasteiger charge is 2.52. The SMILES string of the molecule is c1ccc(-c2cc(-c3ccccc3)cc(N(c3cc(-c4ccccc4)cc(-c4ccccc4)c3)c3ccc4sc5c(c4c3)Oc3ccccc3C53c4ccccc4-c4ccccc43)c2)cc1. The van der Waals surface area contributed by atoms with Crippen LogP contribution in [0.5, 0.6) is 11.5 Å². The lowest BCUT2D eigenvalue weighted by atomic mass is 9.69. The maximum atomic E-state index is 7.19. The van der Waals surface area contributed by atoms with Crippen molar-refractivity contribution < 1.29 is 4.74 Å². The summed E-state index contributed by atoms with van der Waals surface area (Å²) in [5.74, 6) is 1.82. The van der Waals surface area contributed by atoms with Gasteiger partial charge in [-0.05, 0) is 127 Å². The first-order valence-corrected chi connectivity index (χ1v) is 23.4. The summed E-state index contributed by atoms with van der Waals surface area (Å²) in [4.78, 5) is 3.67. The van der Waals surface area contributed by atoms with Crippen LogP contribution in [0.25, 0.3) is 65.7 Å². The normalized spacial score (nSPS) is 12.8. The minimum atomic E-state index is -0.524. The molecule has 1 aliphatic heterocycles. The van der Waals surface area contributed by atoms with Crippen molar-refractivity contribution in [3.8, 4) is 67.1 Å². The summed E-state index contributed by atoms with van der Waals surface area (Å²) in [6.07, 6.45) is 0. The molecule has 310 valence electrons. The van der Waals surface area contributed by atoms with Crippen LogP contribution in [0.15, 0.2) is 249 Å². The van der Waals surface area contributed by atoms with E-state index in [1.807, 2.05) is 11.3 Å². The fraction of sp³-hybridized carbons (Fsp3) is 0.0159. The molecule has 11 aromatic rings. The van der Waals surface area contributed by atoms with E-state index in [9.17, 15) is 0 Å². The van der Waals surface area contributed by atoms with Crippen molar-refractivity contribution in [2.45, 2.75) is 5.41 Å². The van der Waals surface area contributed by atoms with Gasteiger partial charge in [-0.15, -0.1) is 11.3 Å². The third-order valence-corrected chi connectivity index (χ3v) is 14.7. The molecule has 0 radical (unpaired) electrons. The number of ether oxygens (including phenoxy) is 1. The Morgan fingerprint density at radius 1 is 0.333 bits per heavy atom. The van der Waals surface area contributed by atoms with Crippen molar-refractivity contribution >= 4 is 38.5 Å². The van der Waals surface area contributed by atoms with Crippen molar-refractivity contribution in [2.24, 2.45) is 0 Å². The first-order chi connectivity index (χ1) is 32.7. The van der Waals surface area contributed by atoms with Gasteiger partial charge in [-0.25, -0.2) is 0 Å². The number of thiophene rings is 1. The van der Waals surface area contributed by atoms with E-state index in [1.54, 1.807) is 0 Å². The van der Waals surface area contributed by atoms with Crippen molar-refractivity contribution in [2.75, 3.05) is 4.90 Å². The van der Waals surface area contributed by atoms with E-state index in [1.165, 1.54) is 37.4 Å². The highest BCUT2D eigenvalue weighted by molar-refractivity contribution is 7.19. The Bertz CT molecular complexity index is 3330. The molecule has 0 bridgehead atoms. The Morgan fingerprint density at radius 2 is 0.742 bits per heavy atom. The van der Waals surface area contributed by atoms with Crippen LogP contribution in [0.2, 0.25) is 0 Å². The first-order valence-electron chi connectivity index (χ1n) is 22.6. The van der Waals surface area contributed by atoms with Crippen LogP contribution in [-0.4, -0.2) is 0 Å². The number of anilines is 3. The lowest BCUT2D eigenvalue weighted by molar-refractivity contribution is 0.447. The minimum Gasteiger partial charge on any atom is -0.455 e. The average molecular weight is 860 g/mol. The minimum absolute atomic E-state index is 0.524. The van der Waals surface area contributed by atoms with Gasteiger partial charge in [-0.2, -0.15) is 0 Å². The van der Waals surface area contributed by atoms with Gasteiger partial charge in [-0.1, -0.05) is 188 Å². The van der Waals surface area contributed by atoms with Gasteiger partial charge in [-0.3, -0.25) is 0 Å². The molecule has 3 heteroatoms. The first kappa shape index (κ1) is 38.2. The lowest BCUT2D eigenvalue weighted by Gasteiger charge is -2.37. The summed E-state index contributed by atoms with van der Waals surface area (Å²) in [5.41, 5.74) is 18.2. The molecule has 2 heterocycles. The molecule has 0 amide bonds. The number of hydrogen-bond acceptors (Lipinski definition) is 3. The second-order valence-electron chi connectivity index (χ2n) is 17.2. The van der Waals surface area contributed by atoms with E-state index < -0.39 is 5.41 Å². The van der Waals surface area contributed by atoms with Crippen LogP contribution in [-0.2, 0) is 5.41 Å². The molecule has 0 atom stereocenters. The monoisotopic (exact) mass is 859 g/mol. The van der Waals surface area contributed by atoms with Crippen molar-refractivity contribution in [3.63, 3.8) is 0 Å². The van der Waals surface area contributed by atoms with Crippen LogP contribution in [0.1, 0.15) is 21.6 Å². The van der Waals surface area contributed by atoms with Gasteiger partial charge in [0.2, 0.25) is 0 Å². The van der Waals surface area contributed by atoms with Crippen molar-refractivity contribution in [3.05, 3.63) is 270 Å². The molecule has 0 saturated heterocycles. The smallest absolute Gasteiger partial charge is 0.150 e. The number of hydrogen-bond donors (Lipinski definition) is 0. The highest BCUT2D eigenvalue weighted by Crippen LogP contribution is 2.65. The van der Waals surface area contributed by atoms with Gasteiger partial charge >= 0.3 is 0 Å². The van der Waals surface area contributed by atoms with Gasteiger partial charge in [0.25, 0.3) is 0 Å². The lowest BCUT2D eigenvalue weighted by Crippen LogP contribution is -2.30. The van der Waals surface area contributed by atoms with E-state index in [4.69, 9.17) is 4.74 Å². The van der Waals surface area contributed by atoms with Crippen molar-refractivity contribution in [1.82, 2.24) is 0 Å². The fourth-order valence-corrected chi connectivity index (χ4v) is 11.9. The maximum Gasteiger partial charge on any atom is 0.150 e. The van der Waals surface area contributed by atoms with E-state index in [-0.39, 0.29) is 0 Å². The molecule has 66 heavy (non-hydrogen) atoms. The molecular formula is C63H41NOS. The molecule has 10 aromatic carbocycles. The van der Waals surface area contributed by atoms with E-state index in [0.29, 0.717) is 0 Å². The van der Waals surface area contributed by atoms with Gasteiger partial charge in [0.15, 0.2) is 5.75 Å². The van der Waals surface area contributed by atoms with E-state index in [0.717, 1.165) is 78.5 Å². The van der Waals surface area contributed by atoms with Gasteiger partial charge in [0, 0.05) is 32.7 Å². The van der Waals surface area contributed by atoms with Gasteiger partial charge in [0.05, 0.1) is 10.3 Å². The standard InChI is InChI=1S/C63H41NOS/c1-5-19-42(20-6-1)46-35-47(43-21-7-2-8-22-43)38-51(37-46)64(52-39-48(44-23-9-3-10-24-44)36-49(40-52)45-25-11-4-12-26-45)50-33-34-60-55(41-50)61-62(66-60)63(58-31-17-18-32-59(58)65-61)56-29-15-13-27-53(56)54-28-14-16-30-57(54)63/h1-41H. The number of benzene rings is 10. The fourth-order valence-electron chi connectivity index (χ4n) is 10.5. The summed E-state index contributed by atoms with van der Waals surface area (Å²) in [5, 5.41) is 1.10.